The summed E-state index contributed by atoms with van der Waals surface area (Å²) in [5.41, 5.74) is 7.11. The van der Waals surface area contributed by atoms with Gasteiger partial charge in [0, 0.05) is 11.3 Å². The minimum absolute atomic E-state index is 0.0316. The molecule has 0 bridgehead atoms. The van der Waals surface area contributed by atoms with Crippen LogP contribution in [0, 0.1) is 6.92 Å². The number of sulfonamides is 1. The Morgan fingerprint density at radius 2 is 1.90 bits per heavy atom. The zero-order chi connectivity index (χ0) is 14.8. The van der Waals surface area contributed by atoms with E-state index in [9.17, 15) is 8.42 Å². The minimum atomic E-state index is -3.51. The number of anilines is 1. The number of hydrogen-bond acceptors (Lipinski definition) is 4. The van der Waals surface area contributed by atoms with E-state index in [0.29, 0.717) is 10.9 Å². The van der Waals surface area contributed by atoms with Crippen LogP contribution in [-0.2, 0) is 10.0 Å². The number of hydrogen-bond donors (Lipinski definition) is 2. The second kappa shape index (κ2) is 6.37. The molecule has 0 spiro atoms. The summed E-state index contributed by atoms with van der Waals surface area (Å²) in [5.74, 6) is 0. The van der Waals surface area contributed by atoms with Crippen LogP contribution in [0.25, 0.3) is 0 Å². The molecule has 0 atom stereocenters. The van der Waals surface area contributed by atoms with Crippen molar-refractivity contribution in [1.82, 2.24) is 4.72 Å². The van der Waals surface area contributed by atoms with E-state index in [1.165, 1.54) is 0 Å². The average molecular weight is 314 g/mol. The Labute approximate surface area is 125 Å². The van der Waals surface area contributed by atoms with Crippen LogP contribution in [0.2, 0.25) is 0 Å². The first-order chi connectivity index (χ1) is 9.42. The third-order valence-electron chi connectivity index (χ3n) is 3.78. The van der Waals surface area contributed by atoms with Gasteiger partial charge in [0.15, 0.2) is 0 Å². The lowest BCUT2D eigenvalue weighted by Crippen LogP contribution is -2.38. The van der Waals surface area contributed by atoms with Gasteiger partial charge in [-0.3, -0.25) is 0 Å². The van der Waals surface area contributed by atoms with Gasteiger partial charge in [-0.1, -0.05) is 6.07 Å². The number of nitrogen functional groups attached to an aromatic ring is 1. The van der Waals surface area contributed by atoms with Crippen LogP contribution in [0.1, 0.15) is 31.2 Å². The molecule has 1 saturated carbocycles. The van der Waals surface area contributed by atoms with E-state index in [2.05, 4.69) is 11.0 Å². The van der Waals surface area contributed by atoms with Crippen LogP contribution in [0.4, 0.5) is 5.69 Å². The molecule has 3 N–H and O–H groups in total. The lowest BCUT2D eigenvalue weighted by atomic mass is 9.96. The van der Waals surface area contributed by atoms with Gasteiger partial charge >= 0.3 is 0 Å². The lowest BCUT2D eigenvalue weighted by molar-refractivity contribution is 0.420. The molecule has 0 radical (unpaired) electrons. The van der Waals surface area contributed by atoms with Gasteiger partial charge in [-0.15, -0.1) is 0 Å². The second-order valence-electron chi connectivity index (χ2n) is 5.37. The molecule has 0 saturated heterocycles. The number of nitrogens with two attached hydrogens (primary N) is 1. The van der Waals surface area contributed by atoms with Crippen molar-refractivity contribution in [2.75, 3.05) is 12.0 Å². The van der Waals surface area contributed by atoms with Crippen molar-refractivity contribution in [2.45, 2.75) is 48.8 Å². The van der Waals surface area contributed by atoms with E-state index in [-0.39, 0.29) is 10.9 Å². The number of thioether (sulfide) groups is 1. The highest BCUT2D eigenvalue weighted by atomic mass is 32.2. The van der Waals surface area contributed by atoms with E-state index in [4.69, 9.17) is 5.73 Å². The van der Waals surface area contributed by atoms with Crippen molar-refractivity contribution in [3.8, 4) is 0 Å². The SMILES string of the molecule is CSC1CCC(NS(=O)(=O)c2ccc(C)cc2N)CC1. The Kier molecular flexibility index (Phi) is 4.99. The van der Waals surface area contributed by atoms with Crippen LogP contribution in [0.15, 0.2) is 23.1 Å². The van der Waals surface area contributed by atoms with Crippen molar-refractivity contribution < 1.29 is 8.42 Å². The van der Waals surface area contributed by atoms with Gasteiger partial charge in [-0.25, -0.2) is 13.1 Å². The number of benzene rings is 1. The van der Waals surface area contributed by atoms with Gasteiger partial charge in [-0.05, 0) is 56.6 Å². The zero-order valence-corrected chi connectivity index (χ0v) is 13.6. The van der Waals surface area contributed by atoms with Gasteiger partial charge in [-0.2, -0.15) is 11.8 Å². The van der Waals surface area contributed by atoms with Crippen molar-refractivity contribution in [2.24, 2.45) is 0 Å². The maximum atomic E-state index is 12.4. The molecule has 1 aliphatic carbocycles. The predicted octanol–water partition coefficient (Wildman–Crippen LogP) is 2.53. The van der Waals surface area contributed by atoms with Crippen molar-refractivity contribution in [3.05, 3.63) is 23.8 Å². The molecule has 1 aromatic rings. The first-order valence-corrected chi connectivity index (χ1v) is 9.60. The fourth-order valence-electron chi connectivity index (χ4n) is 2.61. The number of aryl methyl sites for hydroxylation is 1. The quantitative estimate of drug-likeness (QED) is 0.838. The van der Waals surface area contributed by atoms with E-state index in [0.717, 1.165) is 31.2 Å². The molecule has 20 heavy (non-hydrogen) atoms. The van der Waals surface area contributed by atoms with Crippen molar-refractivity contribution >= 4 is 27.5 Å². The van der Waals surface area contributed by atoms with Crippen molar-refractivity contribution in [1.29, 1.82) is 0 Å². The van der Waals surface area contributed by atoms with Crippen LogP contribution in [-0.4, -0.2) is 26.0 Å². The molecule has 1 aromatic carbocycles. The molecular formula is C14H22N2O2S2. The minimum Gasteiger partial charge on any atom is -0.398 e. The Morgan fingerprint density at radius 3 is 2.45 bits per heavy atom. The number of nitrogens with one attached hydrogen (secondary N) is 1. The van der Waals surface area contributed by atoms with Crippen LogP contribution >= 0.6 is 11.8 Å². The Bertz CT molecular complexity index is 565. The van der Waals surface area contributed by atoms with E-state index in [1.807, 2.05) is 18.7 Å². The summed E-state index contributed by atoms with van der Waals surface area (Å²) in [4.78, 5) is 0.190. The molecule has 112 valence electrons. The molecule has 4 nitrogen and oxygen atoms in total. The molecule has 2 rings (SSSR count). The van der Waals surface area contributed by atoms with E-state index in [1.54, 1.807) is 18.2 Å². The molecule has 0 aliphatic heterocycles. The Morgan fingerprint density at radius 1 is 1.25 bits per heavy atom. The smallest absolute Gasteiger partial charge is 0.242 e. The average Bonchev–Trinajstić information content (AvgIpc) is 2.38. The van der Waals surface area contributed by atoms with Crippen molar-refractivity contribution in [3.63, 3.8) is 0 Å². The standard InChI is InChI=1S/C14H22N2O2S2/c1-10-3-8-14(13(15)9-10)20(17,18)16-11-4-6-12(19-2)7-5-11/h3,8-9,11-12,16H,4-7,15H2,1-2H3. The fraction of sp³-hybridized carbons (Fsp3) is 0.571. The maximum absolute atomic E-state index is 12.4. The van der Waals surface area contributed by atoms with Gasteiger partial charge in [0.05, 0.1) is 5.69 Å². The van der Waals surface area contributed by atoms with Crippen LogP contribution in [0.3, 0.4) is 0 Å². The molecule has 1 fully saturated rings. The highest BCUT2D eigenvalue weighted by Gasteiger charge is 2.26. The summed E-state index contributed by atoms with van der Waals surface area (Å²) in [6.07, 6.45) is 6.05. The van der Waals surface area contributed by atoms with Gasteiger partial charge in [0.25, 0.3) is 0 Å². The topological polar surface area (TPSA) is 72.2 Å². The lowest BCUT2D eigenvalue weighted by Gasteiger charge is -2.28. The summed E-state index contributed by atoms with van der Waals surface area (Å²) in [6, 6.07) is 5.08. The first-order valence-electron chi connectivity index (χ1n) is 6.83. The molecule has 0 aromatic heterocycles. The predicted molar refractivity (Wildman–Crippen MR) is 85.5 cm³/mol. The molecule has 6 heteroatoms. The summed E-state index contributed by atoms with van der Waals surface area (Å²) in [5, 5.41) is 0.667. The molecule has 0 heterocycles. The zero-order valence-electron chi connectivity index (χ0n) is 11.9. The van der Waals surface area contributed by atoms with Gasteiger partial charge < -0.3 is 5.73 Å². The van der Waals surface area contributed by atoms with E-state index < -0.39 is 10.0 Å². The molecule has 0 amide bonds. The summed E-state index contributed by atoms with van der Waals surface area (Å²) < 4.78 is 27.6. The fourth-order valence-corrected chi connectivity index (χ4v) is 4.77. The third kappa shape index (κ3) is 3.68. The highest BCUT2D eigenvalue weighted by molar-refractivity contribution is 7.99. The molecule has 0 unspecified atom stereocenters. The first kappa shape index (κ1) is 15.7. The van der Waals surface area contributed by atoms with Gasteiger partial charge in [0.2, 0.25) is 10.0 Å². The summed E-state index contributed by atoms with van der Waals surface area (Å²) in [7, 11) is -3.51. The maximum Gasteiger partial charge on any atom is 0.242 e. The Balaban J connectivity index is 2.08. The molecule has 1 aliphatic rings. The largest absolute Gasteiger partial charge is 0.398 e. The summed E-state index contributed by atoms with van der Waals surface area (Å²) >= 11 is 1.87. The monoisotopic (exact) mass is 314 g/mol. The second-order valence-corrected chi connectivity index (χ2v) is 8.19. The van der Waals surface area contributed by atoms with Crippen LogP contribution in [0.5, 0.6) is 0 Å². The molecular weight excluding hydrogens is 292 g/mol. The highest BCUT2D eigenvalue weighted by Crippen LogP contribution is 2.28. The summed E-state index contributed by atoms with van der Waals surface area (Å²) in [6.45, 7) is 1.89. The van der Waals surface area contributed by atoms with E-state index >= 15 is 0 Å². The third-order valence-corrected chi connectivity index (χ3v) is 6.52. The van der Waals surface area contributed by atoms with Gasteiger partial charge in [0.1, 0.15) is 4.90 Å². The normalized spacial score (nSPS) is 23.7. The van der Waals surface area contributed by atoms with Crippen LogP contribution < -0.4 is 10.5 Å². The number of rotatable bonds is 4. The Hall–Kier alpha value is -0.720.